The van der Waals surface area contributed by atoms with E-state index in [4.69, 9.17) is 14.6 Å². The van der Waals surface area contributed by atoms with Crippen LogP contribution in [0.4, 0.5) is 0 Å². The Morgan fingerprint density at radius 2 is 1.74 bits per heavy atom. The molecule has 3 aromatic carbocycles. The Kier molecular flexibility index (Phi) is 5.14. The normalized spacial score (nSPS) is 19.5. The quantitative estimate of drug-likeness (QED) is 0.483. The van der Waals surface area contributed by atoms with Crippen molar-refractivity contribution in [3.8, 4) is 11.5 Å². The third-order valence-electron chi connectivity index (χ3n) is 6.09. The summed E-state index contributed by atoms with van der Waals surface area (Å²) in [5, 5.41) is 7.19. The summed E-state index contributed by atoms with van der Waals surface area (Å²) in [6, 6.07) is 25.5. The third kappa shape index (κ3) is 3.67. The van der Waals surface area contributed by atoms with Crippen LogP contribution in [0.15, 0.2) is 77.9 Å². The molecule has 2 heterocycles. The maximum atomic E-state index is 6.47. The molecule has 4 nitrogen and oxygen atoms in total. The fourth-order valence-electron chi connectivity index (χ4n) is 4.38. The first-order valence-corrected chi connectivity index (χ1v) is 11.1. The molecule has 0 bridgehead atoms. The first kappa shape index (κ1) is 19.7. The lowest BCUT2D eigenvalue weighted by molar-refractivity contribution is -0.0190. The first-order chi connectivity index (χ1) is 15.1. The van der Waals surface area contributed by atoms with Gasteiger partial charge >= 0.3 is 0 Å². The Labute approximate surface area is 184 Å². The average Bonchev–Trinajstić information content (AvgIpc) is 3.25. The highest BCUT2D eigenvalue weighted by molar-refractivity contribution is 6.02. The maximum Gasteiger partial charge on any atom is 0.213 e. The van der Waals surface area contributed by atoms with Crippen molar-refractivity contribution in [2.45, 2.75) is 45.4 Å². The van der Waals surface area contributed by atoms with Crippen LogP contribution in [-0.4, -0.2) is 17.3 Å². The second kappa shape index (κ2) is 8.10. The van der Waals surface area contributed by atoms with Crippen molar-refractivity contribution < 1.29 is 9.47 Å². The zero-order valence-corrected chi connectivity index (χ0v) is 18.3. The van der Waals surface area contributed by atoms with Gasteiger partial charge in [-0.3, -0.25) is 0 Å². The number of ether oxygens (including phenoxy) is 2. The molecule has 0 spiro atoms. The minimum Gasteiger partial charge on any atom is -0.494 e. The van der Waals surface area contributed by atoms with Gasteiger partial charge in [-0.1, -0.05) is 56.3 Å². The van der Waals surface area contributed by atoms with Gasteiger partial charge < -0.3 is 9.47 Å². The second-order valence-electron chi connectivity index (χ2n) is 8.43. The van der Waals surface area contributed by atoms with Crippen molar-refractivity contribution in [1.82, 2.24) is 5.01 Å². The zero-order valence-electron chi connectivity index (χ0n) is 18.3. The van der Waals surface area contributed by atoms with Gasteiger partial charge in [-0.25, -0.2) is 5.01 Å². The average molecular weight is 413 g/mol. The fourth-order valence-corrected chi connectivity index (χ4v) is 4.38. The molecule has 2 atom stereocenters. The second-order valence-corrected chi connectivity index (χ2v) is 8.43. The van der Waals surface area contributed by atoms with E-state index in [1.54, 1.807) is 0 Å². The predicted octanol–water partition coefficient (Wildman–Crippen LogP) is 6.45. The molecule has 4 heteroatoms. The highest BCUT2D eigenvalue weighted by Gasteiger charge is 2.40. The summed E-state index contributed by atoms with van der Waals surface area (Å²) in [6.07, 6.45) is 0.621. The number of hydrogen-bond acceptors (Lipinski definition) is 4. The largest absolute Gasteiger partial charge is 0.494 e. The Balaban J connectivity index is 1.51. The van der Waals surface area contributed by atoms with Crippen LogP contribution in [0.1, 0.15) is 67.6 Å². The summed E-state index contributed by atoms with van der Waals surface area (Å²) in [5.74, 6) is 2.34. The molecule has 158 valence electrons. The van der Waals surface area contributed by atoms with E-state index < -0.39 is 0 Å². The lowest BCUT2D eigenvalue weighted by atomic mass is 9.95. The Morgan fingerprint density at radius 3 is 2.45 bits per heavy atom. The van der Waals surface area contributed by atoms with Crippen molar-refractivity contribution in [2.24, 2.45) is 5.10 Å². The summed E-state index contributed by atoms with van der Waals surface area (Å²) >= 11 is 0. The van der Waals surface area contributed by atoms with Gasteiger partial charge in [0.1, 0.15) is 11.5 Å². The van der Waals surface area contributed by atoms with E-state index in [1.807, 2.05) is 25.1 Å². The smallest absolute Gasteiger partial charge is 0.213 e. The molecule has 0 aliphatic carbocycles. The van der Waals surface area contributed by atoms with Crippen molar-refractivity contribution in [3.63, 3.8) is 0 Å². The number of para-hydroxylation sites is 1. The lowest BCUT2D eigenvalue weighted by Gasteiger charge is -2.38. The van der Waals surface area contributed by atoms with Gasteiger partial charge in [-0.2, -0.15) is 5.10 Å². The summed E-state index contributed by atoms with van der Waals surface area (Å²) in [6.45, 7) is 7.10. The van der Waals surface area contributed by atoms with Crippen LogP contribution < -0.4 is 9.47 Å². The van der Waals surface area contributed by atoms with Crippen molar-refractivity contribution in [1.29, 1.82) is 0 Å². The topological polar surface area (TPSA) is 34.1 Å². The number of rotatable bonds is 5. The summed E-state index contributed by atoms with van der Waals surface area (Å²) in [7, 11) is 0. The monoisotopic (exact) mass is 412 g/mol. The molecule has 2 aliphatic rings. The standard InChI is InChI=1S/C27H28N2O2/c1-4-30-22-15-13-20(14-16-22)24-17-25-23-7-5-6-8-26(23)31-27(29(25)28-24)21-11-9-19(10-12-21)18(2)3/h5-16,18,25,27H,4,17H2,1-3H3. The Morgan fingerprint density at radius 1 is 1.00 bits per heavy atom. The molecule has 0 amide bonds. The zero-order chi connectivity index (χ0) is 21.4. The van der Waals surface area contributed by atoms with E-state index in [0.29, 0.717) is 12.5 Å². The number of fused-ring (bicyclic) bond motifs is 3. The molecule has 0 radical (unpaired) electrons. The molecule has 0 aromatic heterocycles. The first-order valence-electron chi connectivity index (χ1n) is 11.1. The molecule has 5 rings (SSSR count). The number of nitrogens with zero attached hydrogens (tertiary/aromatic N) is 2. The van der Waals surface area contributed by atoms with E-state index >= 15 is 0 Å². The highest BCUT2D eigenvalue weighted by Crippen LogP contribution is 2.47. The molecular weight excluding hydrogens is 384 g/mol. The van der Waals surface area contributed by atoms with Gasteiger partial charge in [0.15, 0.2) is 0 Å². The van der Waals surface area contributed by atoms with Crippen LogP contribution in [0.3, 0.4) is 0 Å². The molecule has 0 N–H and O–H groups in total. The third-order valence-corrected chi connectivity index (χ3v) is 6.09. The molecule has 31 heavy (non-hydrogen) atoms. The van der Waals surface area contributed by atoms with E-state index in [1.165, 1.54) is 11.1 Å². The predicted molar refractivity (Wildman–Crippen MR) is 124 cm³/mol. The van der Waals surface area contributed by atoms with Gasteiger partial charge in [0.25, 0.3) is 0 Å². The van der Waals surface area contributed by atoms with Gasteiger partial charge in [-0.15, -0.1) is 0 Å². The van der Waals surface area contributed by atoms with Gasteiger partial charge in [-0.05, 0) is 54.3 Å². The van der Waals surface area contributed by atoms with Gasteiger partial charge in [0, 0.05) is 17.5 Å². The van der Waals surface area contributed by atoms with Crippen molar-refractivity contribution >= 4 is 5.71 Å². The van der Waals surface area contributed by atoms with Crippen LogP contribution in [0, 0.1) is 0 Å². The summed E-state index contributed by atoms with van der Waals surface area (Å²) in [4.78, 5) is 0. The fraction of sp³-hybridized carbons (Fsp3) is 0.296. The Hall–Kier alpha value is -3.27. The molecule has 3 aromatic rings. The van der Waals surface area contributed by atoms with E-state index in [2.05, 4.69) is 73.5 Å². The van der Waals surface area contributed by atoms with Crippen LogP contribution in [0.5, 0.6) is 11.5 Å². The van der Waals surface area contributed by atoms with E-state index in [0.717, 1.165) is 34.8 Å². The highest BCUT2D eigenvalue weighted by atomic mass is 16.5. The van der Waals surface area contributed by atoms with Gasteiger partial charge in [0.2, 0.25) is 6.23 Å². The summed E-state index contributed by atoms with van der Waals surface area (Å²) < 4.78 is 12.1. The Bertz CT molecular complexity index is 1090. The molecule has 0 saturated carbocycles. The number of benzene rings is 3. The SMILES string of the molecule is CCOc1ccc(C2=NN3C(C2)c2ccccc2OC3c2ccc(C(C)C)cc2)cc1. The van der Waals surface area contributed by atoms with Crippen molar-refractivity contribution in [3.05, 3.63) is 95.1 Å². The molecule has 2 aliphatic heterocycles. The maximum absolute atomic E-state index is 6.47. The molecule has 0 saturated heterocycles. The van der Waals surface area contributed by atoms with Crippen LogP contribution in [0.25, 0.3) is 0 Å². The summed E-state index contributed by atoms with van der Waals surface area (Å²) in [5.41, 5.74) is 5.86. The molecular formula is C27H28N2O2. The minimum absolute atomic E-state index is 0.168. The van der Waals surface area contributed by atoms with E-state index in [9.17, 15) is 0 Å². The molecule has 2 unspecified atom stereocenters. The number of hydrogen-bond donors (Lipinski definition) is 0. The van der Waals surface area contributed by atoms with Crippen LogP contribution >= 0.6 is 0 Å². The minimum atomic E-state index is -0.235. The van der Waals surface area contributed by atoms with Gasteiger partial charge in [0.05, 0.1) is 18.4 Å². The van der Waals surface area contributed by atoms with Crippen LogP contribution in [0.2, 0.25) is 0 Å². The lowest BCUT2D eigenvalue weighted by Crippen LogP contribution is -2.33. The molecule has 0 fully saturated rings. The van der Waals surface area contributed by atoms with Crippen LogP contribution in [-0.2, 0) is 0 Å². The van der Waals surface area contributed by atoms with Crippen molar-refractivity contribution in [2.75, 3.05) is 6.61 Å². The van der Waals surface area contributed by atoms with E-state index in [-0.39, 0.29) is 12.3 Å². The number of hydrazone groups is 1.